The van der Waals surface area contributed by atoms with Gasteiger partial charge in [0.15, 0.2) is 0 Å². The van der Waals surface area contributed by atoms with Gasteiger partial charge in [0.05, 0.1) is 6.04 Å². The van der Waals surface area contributed by atoms with Crippen LogP contribution in [0.25, 0.3) is 0 Å². The lowest BCUT2D eigenvalue weighted by Crippen LogP contribution is -2.50. The number of halogens is 1. The number of carbonyl (C=O) groups is 1. The van der Waals surface area contributed by atoms with Gasteiger partial charge in [-0.1, -0.05) is 37.3 Å². The molecule has 1 aliphatic heterocycles. The lowest BCUT2D eigenvalue weighted by atomic mass is 10.1. The predicted octanol–water partition coefficient (Wildman–Crippen LogP) is 2.57. The quantitative estimate of drug-likeness (QED) is 0.816. The standard InChI is InChI=1S/C14H19ClN2O2/c1-2-12(9-15)16-17-13(10-19-14(17)18)8-11-6-4-3-5-7-11/h3-7,12-13,16H,2,8-10H2,1H3/t12-,13+/m1/s1. The monoisotopic (exact) mass is 282 g/mol. The molecular weight excluding hydrogens is 264 g/mol. The van der Waals surface area contributed by atoms with Crippen molar-refractivity contribution in [1.29, 1.82) is 0 Å². The van der Waals surface area contributed by atoms with Crippen LogP contribution in [0, 0.1) is 0 Å². The molecule has 19 heavy (non-hydrogen) atoms. The lowest BCUT2D eigenvalue weighted by molar-refractivity contribution is 0.132. The molecule has 2 rings (SSSR count). The summed E-state index contributed by atoms with van der Waals surface area (Å²) >= 11 is 5.86. The number of cyclic esters (lactones) is 1. The molecule has 1 saturated heterocycles. The fraction of sp³-hybridized carbons (Fsp3) is 0.500. The molecule has 0 aliphatic carbocycles. The fourth-order valence-corrected chi connectivity index (χ4v) is 2.37. The van der Waals surface area contributed by atoms with Gasteiger partial charge >= 0.3 is 6.09 Å². The maximum absolute atomic E-state index is 11.7. The number of amides is 1. The molecule has 1 heterocycles. The highest BCUT2D eigenvalue weighted by Gasteiger charge is 2.34. The van der Waals surface area contributed by atoms with E-state index in [2.05, 4.69) is 17.6 Å². The Morgan fingerprint density at radius 3 is 2.84 bits per heavy atom. The highest BCUT2D eigenvalue weighted by molar-refractivity contribution is 6.18. The van der Waals surface area contributed by atoms with E-state index in [1.165, 1.54) is 5.56 Å². The van der Waals surface area contributed by atoms with E-state index in [1.54, 1.807) is 5.01 Å². The molecule has 0 bridgehead atoms. The summed E-state index contributed by atoms with van der Waals surface area (Å²) in [6.07, 6.45) is 1.33. The van der Waals surface area contributed by atoms with Crippen LogP contribution in [0.1, 0.15) is 18.9 Å². The van der Waals surface area contributed by atoms with Crippen molar-refractivity contribution in [3.8, 4) is 0 Å². The Labute approximate surface area is 118 Å². The van der Waals surface area contributed by atoms with E-state index in [1.807, 2.05) is 25.1 Å². The smallest absolute Gasteiger partial charge is 0.424 e. The van der Waals surface area contributed by atoms with Crippen LogP contribution >= 0.6 is 11.6 Å². The van der Waals surface area contributed by atoms with Gasteiger partial charge in [-0.3, -0.25) is 0 Å². The van der Waals surface area contributed by atoms with E-state index in [0.717, 1.165) is 12.8 Å². The van der Waals surface area contributed by atoms with Crippen LogP contribution < -0.4 is 5.43 Å². The number of carbonyl (C=O) groups excluding carboxylic acids is 1. The largest absolute Gasteiger partial charge is 0.446 e. The molecule has 104 valence electrons. The number of ether oxygens (including phenoxy) is 1. The second-order valence-corrected chi connectivity index (χ2v) is 4.99. The molecule has 1 amide bonds. The molecule has 5 heteroatoms. The number of hydrazine groups is 1. The minimum Gasteiger partial charge on any atom is -0.446 e. The van der Waals surface area contributed by atoms with Gasteiger partial charge in [-0.2, -0.15) is 0 Å². The van der Waals surface area contributed by atoms with Crippen molar-refractivity contribution < 1.29 is 9.53 Å². The van der Waals surface area contributed by atoms with Crippen molar-refractivity contribution in [1.82, 2.24) is 10.4 Å². The summed E-state index contributed by atoms with van der Waals surface area (Å²) in [5.74, 6) is 0.471. The number of rotatable bonds is 6. The lowest BCUT2D eigenvalue weighted by Gasteiger charge is -2.26. The molecule has 0 unspecified atom stereocenters. The Kier molecular flexibility index (Phi) is 5.05. The topological polar surface area (TPSA) is 41.6 Å². The number of hydrogen-bond acceptors (Lipinski definition) is 3. The van der Waals surface area contributed by atoms with Crippen molar-refractivity contribution in [2.24, 2.45) is 0 Å². The van der Waals surface area contributed by atoms with Gasteiger partial charge in [-0.15, -0.1) is 11.6 Å². The summed E-state index contributed by atoms with van der Waals surface area (Å²) < 4.78 is 5.12. The zero-order chi connectivity index (χ0) is 13.7. The number of alkyl halides is 1. The van der Waals surface area contributed by atoms with Crippen molar-refractivity contribution in [3.05, 3.63) is 35.9 Å². The highest BCUT2D eigenvalue weighted by atomic mass is 35.5. The summed E-state index contributed by atoms with van der Waals surface area (Å²) in [6, 6.07) is 10.2. The summed E-state index contributed by atoms with van der Waals surface area (Å²) in [4.78, 5) is 11.7. The molecule has 1 N–H and O–H groups in total. The minimum absolute atomic E-state index is 0.0205. The first kappa shape index (κ1) is 14.2. The molecule has 4 nitrogen and oxygen atoms in total. The molecule has 0 spiro atoms. The van der Waals surface area contributed by atoms with Gasteiger partial charge in [0.2, 0.25) is 0 Å². The predicted molar refractivity (Wildman–Crippen MR) is 75.1 cm³/mol. The molecule has 1 aliphatic rings. The van der Waals surface area contributed by atoms with Gasteiger partial charge in [-0.05, 0) is 18.4 Å². The summed E-state index contributed by atoms with van der Waals surface area (Å²) in [5.41, 5.74) is 4.35. The number of nitrogens with one attached hydrogen (secondary N) is 1. The zero-order valence-corrected chi connectivity index (χ0v) is 11.8. The maximum Gasteiger partial charge on any atom is 0.424 e. The third-order valence-corrected chi connectivity index (χ3v) is 3.65. The first-order valence-corrected chi connectivity index (χ1v) is 7.10. The number of hydrogen-bond donors (Lipinski definition) is 1. The zero-order valence-electron chi connectivity index (χ0n) is 11.0. The van der Waals surface area contributed by atoms with Crippen LogP contribution in [0.15, 0.2) is 30.3 Å². The Balaban J connectivity index is 2.01. The third-order valence-electron chi connectivity index (χ3n) is 3.28. The van der Waals surface area contributed by atoms with Crippen LogP contribution in [-0.2, 0) is 11.2 Å². The van der Waals surface area contributed by atoms with Crippen LogP contribution in [-0.4, -0.2) is 35.7 Å². The normalized spacial score (nSPS) is 20.4. The Hall–Kier alpha value is -1.26. The van der Waals surface area contributed by atoms with Gasteiger partial charge in [0.1, 0.15) is 6.61 Å². The SMILES string of the molecule is CC[C@H](CCl)NN1C(=O)OC[C@@H]1Cc1ccccc1. The fourth-order valence-electron chi connectivity index (χ4n) is 2.09. The van der Waals surface area contributed by atoms with E-state index >= 15 is 0 Å². The van der Waals surface area contributed by atoms with Crippen molar-refractivity contribution in [3.63, 3.8) is 0 Å². The van der Waals surface area contributed by atoms with E-state index in [4.69, 9.17) is 16.3 Å². The van der Waals surface area contributed by atoms with Gasteiger partial charge in [-0.25, -0.2) is 15.2 Å². The average molecular weight is 283 g/mol. The van der Waals surface area contributed by atoms with E-state index < -0.39 is 0 Å². The van der Waals surface area contributed by atoms with Crippen LogP contribution in [0.5, 0.6) is 0 Å². The summed E-state index contributed by atoms with van der Waals surface area (Å²) in [5, 5.41) is 1.59. The number of benzene rings is 1. The Morgan fingerprint density at radius 1 is 1.47 bits per heavy atom. The molecule has 2 atom stereocenters. The summed E-state index contributed by atoms with van der Waals surface area (Å²) in [6.45, 7) is 2.45. The first-order valence-electron chi connectivity index (χ1n) is 6.56. The molecule has 1 aromatic rings. The van der Waals surface area contributed by atoms with Crippen molar-refractivity contribution >= 4 is 17.7 Å². The number of nitrogens with zero attached hydrogens (tertiary/aromatic N) is 1. The molecule has 1 aromatic carbocycles. The van der Waals surface area contributed by atoms with Gasteiger partial charge in [0.25, 0.3) is 0 Å². The second-order valence-electron chi connectivity index (χ2n) is 4.68. The Bertz CT molecular complexity index is 409. The van der Waals surface area contributed by atoms with Crippen LogP contribution in [0.4, 0.5) is 4.79 Å². The van der Waals surface area contributed by atoms with Crippen LogP contribution in [0.3, 0.4) is 0 Å². The average Bonchev–Trinajstić information content (AvgIpc) is 2.78. The van der Waals surface area contributed by atoms with Crippen LogP contribution in [0.2, 0.25) is 0 Å². The maximum atomic E-state index is 11.7. The molecule has 0 aromatic heterocycles. The van der Waals surface area contributed by atoms with E-state index in [0.29, 0.717) is 12.5 Å². The first-order chi connectivity index (χ1) is 9.24. The molecule has 1 fully saturated rings. The second kappa shape index (κ2) is 6.78. The molecule has 0 saturated carbocycles. The van der Waals surface area contributed by atoms with E-state index in [9.17, 15) is 4.79 Å². The Morgan fingerprint density at radius 2 is 2.21 bits per heavy atom. The van der Waals surface area contributed by atoms with Crippen molar-refractivity contribution in [2.75, 3.05) is 12.5 Å². The molecular formula is C14H19ClN2O2. The van der Waals surface area contributed by atoms with E-state index in [-0.39, 0.29) is 18.2 Å². The highest BCUT2D eigenvalue weighted by Crippen LogP contribution is 2.16. The third kappa shape index (κ3) is 3.61. The molecule has 0 radical (unpaired) electrons. The van der Waals surface area contributed by atoms with Crippen molar-refractivity contribution in [2.45, 2.75) is 31.8 Å². The van der Waals surface area contributed by atoms with Gasteiger partial charge < -0.3 is 4.74 Å². The summed E-state index contributed by atoms with van der Waals surface area (Å²) in [7, 11) is 0. The minimum atomic E-state index is -0.315. The van der Waals surface area contributed by atoms with Gasteiger partial charge in [0, 0.05) is 11.9 Å².